The summed E-state index contributed by atoms with van der Waals surface area (Å²) >= 11 is 3.46. The molecule has 3 nitrogen and oxygen atoms in total. The third kappa shape index (κ3) is 3.24. The molecule has 1 heterocycles. The predicted octanol–water partition coefficient (Wildman–Crippen LogP) is 3.24. The van der Waals surface area contributed by atoms with E-state index in [1.807, 2.05) is 24.3 Å². The summed E-state index contributed by atoms with van der Waals surface area (Å²) in [5.74, 6) is 0. The second-order valence-electron chi connectivity index (χ2n) is 4.99. The Bertz CT molecular complexity index is 455. The average Bonchev–Trinajstić information content (AvgIpc) is 2.53. The maximum Gasteiger partial charge on any atom is 0.126 e. The molecule has 0 spiro atoms. The minimum Gasteiger partial charge on any atom is -0.367 e. The van der Waals surface area contributed by atoms with Crippen LogP contribution in [0.25, 0.3) is 0 Å². The van der Waals surface area contributed by atoms with Crippen LogP contribution in [0.3, 0.4) is 0 Å². The van der Waals surface area contributed by atoms with E-state index >= 15 is 0 Å². The molecule has 0 aliphatic carbocycles. The van der Waals surface area contributed by atoms with Gasteiger partial charge in [-0.2, -0.15) is 5.26 Å². The van der Waals surface area contributed by atoms with Gasteiger partial charge in [-0.05, 0) is 51.1 Å². The van der Waals surface area contributed by atoms with Crippen LogP contribution in [0.15, 0.2) is 28.7 Å². The van der Waals surface area contributed by atoms with Gasteiger partial charge in [-0.3, -0.25) is 0 Å². The van der Waals surface area contributed by atoms with Crippen LogP contribution in [0.5, 0.6) is 0 Å². The zero-order valence-electron chi connectivity index (χ0n) is 10.6. The third-order valence-electron chi connectivity index (χ3n) is 3.49. The molecule has 1 aromatic rings. The SMILES string of the molecule is CN1CCCC(C#N)(Nc2cccc(Br)c2)CC1. The Morgan fingerprint density at radius 3 is 2.94 bits per heavy atom. The molecule has 18 heavy (non-hydrogen) atoms. The van der Waals surface area contributed by atoms with Crippen LogP contribution < -0.4 is 5.32 Å². The van der Waals surface area contributed by atoms with Crippen molar-refractivity contribution in [2.75, 3.05) is 25.5 Å². The van der Waals surface area contributed by atoms with Gasteiger partial charge in [0, 0.05) is 16.7 Å². The molecule has 0 saturated carbocycles. The zero-order chi connectivity index (χ0) is 13.0. The van der Waals surface area contributed by atoms with Crippen LogP contribution in [-0.4, -0.2) is 30.6 Å². The Hall–Kier alpha value is -1.05. The molecule has 1 aliphatic rings. The Morgan fingerprint density at radius 2 is 2.22 bits per heavy atom. The largest absolute Gasteiger partial charge is 0.367 e. The van der Waals surface area contributed by atoms with Gasteiger partial charge in [0.05, 0.1) is 6.07 Å². The maximum atomic E-state index is 9.54. The van der Waals surface area contributed by atoms with E-state index in [9.17, 15) is 5.26 Å². The van der Waals surface area contributed by atoms with Crippen molar-refractivity contribution in [1.29, 1.82) is 5.26 Å². The molecule has 1 N–H and O–H groups in total. The fraction of sp³-hybridized carbons (Fsp3) is 0.500. The summed E-state index contributed by atoms with van der Waals surface area (Å²) < 4.78 is 1.03. The number of benzene rings is 1. The highest BCUT2D eigenvalue weighted by Gasteiger charge is 2.31. The van der Waals surface area contributed by atoms with Gasteiger partial charge < -0.3 is 10.2 Å². The molecule has 1 aliphatic heterocycles. The minimum absolute atomic E-state index is 0.425. The summed E-state index contributed by atoms with van der Waals surface area (Å²) in [4.78, 5) is 2.29. The Labute approximate surface area is 117 Å². The monoisotopic (exact) mass is 307 g/mol. The van der Waals surface area contributed by atoms with E-state index in [-0.39, 0.29) is 0 Å². The first-order chi connectivity index (χ1) is 8.63. The van der Waals surface area contributed by atoms with Crippen LogP contribution >= 0.6 is 15.9 Å². The summed E-state index contributed by atoms with van der Waals surface area (Å²) in [6.45, 7) is 2.04. The van der Waals surface area contributed by atoms with Gasteiger partial charge in [0.25, 0.3) is 0 Å². The molecule has 1 unspecified atom stereocenters. The number of nitrogens with zero attached hydrogens (tertiary/aromatic N) is 2. The molecule has 0 bridgehead atoms. The molecule has 0 radical (unpaired) electrons. The van der Waals surface area contributed by atoms with Crippen LogP contribution in [0, 0.1) is 11.3 Å². The lowest BCUT2D eigenvalue weighted by molar-refractivity contribution is 0.345. The van der Waals surface area contributed by atoms with Gasteiger partial charge in [-0.1, -0.05) is 22.0 Å². The van der Waals surface area contributed by atoms with Gasteiger partial charge in [-0.15, -0.1) is 0 Å². The molecule has 0 amide bonds. The molecular weight excluding hydrogens is 290 g/mol. The lowest BCUT2D eigenvalue weighted by Gasteiger charge is -2.27. The predicted molar refractivity (Wildman–Crippen MR) is 77.5 cm³/mol. The molecular formula is C14H18BrN3. The zero-order valence-corrected chi connectivity index (χ0v) is 12.2. The van der Waals surface area contributed by atoms with Crippen LogP contribution in [0.4, 0.5) is 5.69 Å². The number of halogens is 1. The molecule has 1 aromatic carbocycles. The first kappa shape index (κ1) is 13.4. The van der Waals surface area contributed by atoms with Crippen molar-refractivity contribution in [3.8, 4) is 6.07 Å². The number of hydrogen-bond acceptors (Lipinski definition) is 3. The highest BCUT2D eigenvalue weighted by molar-refractivity contribution is 9.10. The van der Waals surface area contributed by atoms with E-state index in [2.05, 4.69) is 39.3 Å². The van der Waals surface area contributed by atoms with Crippen molar-refractivity contribution in [2.24, 2.45) is 0 Å². The summed E-state index contributed by atoms with van der Waals surface area (Å²) in [6, 6.07) is 10.5. The van der Waals surface area contributed by atoms with Crippen molar-refractivity contribution in [3.05, 3.63) is 28.7 Å². The molecule has 1 saturated heterocycles. The van der Waals surface area contributed by atoms with Crippen molar-refractivity contribution in [3.63, 3.8) is 0 Å². The summed E-state index contributed by atoms with van der Waals surface area (Å²) in [5, 5.41) is 13.0. The summed E-state index contributed by atoms with van der Waals surface area (Å²) in [5.41, 5.74) is 0.585. The molecule has 4 heteroatoms. The van der Waals surface area contributed by atoms with Gasteiger partial charge >= 0.3 is 0 Å². The van der Waals surface area contributed by atoms with Crippen molar-refractivity contribution >= 4 is 21.6 Å². The molecule has 1 fully saturated rings. The van der Waals surface area contributed by atoms with Crippen LogP contribution in [0.1, 0.15) is 19.3 Å². The van der Waals surface area contributed by atoms with Gasteiger partial charge in [-0.25, -0.2) is 0 Å². The Balaban J connectivity index is 2.15. The lowest BCUT2D eigenvalue weighted by Crippen LogP contribution is -2.37. The Kier molecular flexibility index (Phi) is 4.26. The standard InChI is InChI=1S/C14H18BrN3/c1-18-8-3-6-14(11-16,7-9-18)17-13-5-2-4-12(15)10-13/h2,4-5,10,17H,3,6-9H2,1H3. The quantitative estimate of drug-likeness (QED) is 0.911. The molecule has 2 rings (SSSR count). The first-order valence-corrected chi connectivity index (χ1v) is 7.06. The van der Waals surface area contributed by atoms with Gasteiger partial charge in [0.15, 0.2) is 0 Å². The normalized spacial score (nSPS) is 25.2. The van der Waals surface area contributed by atoms with E-state index in [0.29, 0.717) is 0 Å². The molecule has 0 aromatic heterocycles. The highest BCUT2D eigenvalue weighted by atomic mass is 79.9. The van der Waals surface area contributed by atoms with E-state index < -0.39 is 5.54 Å². The summed E-state index contributed by atoms with van der Waals surface area (Å²) in [6.07, 6.45) is 2.83. The number of nitrogens with one attached hydrogen (secondary N) is 1. The third-order valence-corrected chi connectivity index (χ3v) is 3.98. The topological polar surface area (TPSA) is 39.1 Å². The van der Waals surface area contributed by atoms with Crippen molar-refractivity contribution in [2.45, 2.75) is 24.8 Å². The number of nitriles is 1. The fourth-order valence-electron chi connectivity index (χ4n) is 2.38. The highest BCUT2D eigenvalue weighted by Crippen LogP contribution is 2.27. The van der Waals surface area contributed by atoms with Crippen molar-refractivity contribution in [1.82, 2.24) is 4.90 Å². The van der Waals surface area contributed by atoms with Gasteiger partial charge in [0.1, 0.15) is 5.54 Å². The van der Waals surface area contributed by atoms with Crippen molar-refractivity contribution < 1.29 is 0 Å². The molecule has 96 valence electrons. The van der Waals surface area contributed by atoms with Crippen LogP contribution in [-0.2, 0) is 0 Å². The smallest absolute Gasteiger partial charge is 0.126 e. The second kappa shape index (κ2) is 5.73. The minimum atomic E-state index is -0.425. The fourth-order valence-corrected chi connectivity index (χ4v) is 2.78. The maximum absolute atomic E-state index is 9.54. The first-order valence-electron chi connectivity index (χ1n) is 6.27. The number of likely N-dealkylation sites (tertiary alicyclic amines) is 1. The second-order valence-corrected chi connectivity index (χ2v) is 5.90. The number of rotatable bonds is 2. The average molecular weight is 308 g/mol. The van der Waals surface area contributed by atoms with Gasteiger partial charge in [0.2, 0.25) is 0 Å². The Morgan fingerprint density at radius 1 is 1.39 bits per heavy atom. The number of anilines is 1. The van der Waals surface area contributed by atoms with Crippen LogP contribution in [0.2, 0.25) is 0 Å². The van der Waals surface area contributed by atoms with E-state index in [1.54, 1.807) is 0 Å². The number of hydrogen-bond donors (Lipinski definition) is 1. The lowest BCUT2D eigenvalue weighted by atomic mass is 9.92. The van der Waals surface area contributed by atoms with E-state index in [0.717, 1.165) is 42.5 Å². The summed E-state index contributed by atoms with van der Waals surface area (Å²) in [7, 11) is 2.12. The van der Waals surface area contributed by atoms with E-state index in [1.165, 1.54) is 0 Å². The van der Waals surface area contributed by atoms with E-state index in [4.69, 9.17) is 0 Å². The molecule has 1 atom stereocenters.